The van der Waals surface area contributed by atoms with E-state index in [0.717, 1.165) is 57.8 Å². The molecule has 2 bridgehead atoms. The highest BCUT2D eigenvalue weighted by atomic mass is 32.2. The minimum absolute atomic E-state index is 0.0152. The van der Waals surface area contributed by atoms with E-state index in [4.69, 9.17) is 9.47 Å². The maximum Gasteiger partial charge on any atom is 0.408 e. The summed E-state index contributed by atoms with van der Waals surface area (Å²) in [4.78, 5) is 71.6. The third kappa shape index (κ3) is 8.77. The molecule has 1 aromatic heterocycles. The lowest BCUT2D eigenvalue weighted by atomic mass is 9.96. The Kier molecular flexibility index (Phi) is 12.1. The molecular weight excluding hydrogens is 739 g/mol. The van der Waals surface area contributed by atoms with E-state index in [0.29, 0.717) is 48.9 Å². The minimum Gasteiger partial charge on any atom is -0.473 e. The molecule has 2 aromatic rings. The van der Waals surface area contributed by atoms with E-state index >= 15 is 0 Å². The number of benzene rings is 1. The van der Waals surface area contributed by atoms with Crippen LogP contribution in [0.15, 0.2) is 47.8 Å². The number of rotatable bonds is 8. The zero-order valence-electron chi connectivity index (χ0n) is 32.2. The van der Waals surface area contributed by atoms with Gasteiger partial charge in [0.15, 0.2) is 5.88 Å². The fraction of sp³-hybridized carbons (Fsp3) is 0.634. The first-order valence-corrected chi connectivity index (χ1v) is 22.0. The maximum absolute atomic E-state index is 14.8. The molecule has 56 heavy (non-hydrogen) atoms. The third-order valence-electron chi connectivity index (χ3n) is 12.5. The monoisotopic (exact) mass is 793 g/mol. The summed E-state index contributed by atoms with van der Waals surface area (Å²) in [6.45, 7) is 5.78. The fourth-order valence-corrected chi connectivity index (χ4v) is 10.4. The zero-order chi connectivity index (χ0) is 39.6. The maximum atomic E-state index is 14.8. The predicted octanol–water partition coefficient (Wildman–Crippen LogP) is 4.29. The standard InChI is InChI=1S/C41H55N5O9S/c1-3-25(2)35(38(48)44-56(52,53)30-19-20-30)42-37(47)32-23-29-24-46(32)40(50)36(27-13-6-7-14-27)43-41(51)55-33-18-11-16-26(33)12-5-4-10-21-45-34(54-29)22-28-15-8-9-17-31(28)39(45)49/h3,8-9,15,17,22,25-27,29-30,32-33,35-36H,1,4-7,10-14,16,18-21,23-24H2,2H3,(H,42,47)(H,43,51)(H,44,48)/t25-,26+,29+,32-,33+,35?,36-/m0/s1. The van der Waals surface area contributed by atoms with E-state index in [2.05, 4.69) is 21.9 Å². The Morgan fingerprint density at radius 2 is 1.64 bits per heavy atom. The second-order valence-corrected chi connectivity index (χ2v) is 18.4. The number of aromatic nitrogens is 1. The fourth-order valence-electron chi connectivity index (χ4n) is 9.11. The molecule has 0 radical (unpaired) electrons. The van der Waals surface area contributed by atoms with Crippen LogP contribution in [-0.4, -0.2) is 83.8 Å². The summed E-state index contributed by atoms with van der Waals surface area (Å²) in [6, 6.07) is 5.71. The Bertz CT molecular complexity index is 1990. The molecule has 5 aliphatic rings. The second kappa shape index (κ2) is 17.0. The molecule has 3 saturated carbocycles. The number of nitrogens with one attached hydrogen (secondary N) is 3. The third-order valence-corrected chi connectivity index (χ3v) is 14.4. The van der Waals surface area contributed by atoms with Crippen LogP contribution in [0.5, 0.6) is 5.88 Å². The van der Waals surface area contributed by atoms with Gasteiger partial charge in [0.1, 0.15) is 30.3 Å². The number of fused-ring (bicyclic) bond motifs is 5. The molecule has 0 spiro atoms. The molecule has 14 nitrogen and oxygen atoms in total. The van der Waals surface area contributed by atoms with E-state index in [1.54, 1.807) is 17.6 Å². The van der Waals surface area contributed by atoms with Gasteiger partial charge in [-0.15, -0.1) is 6.58 Å². The van der Waals surface area contributed by atoms with Crippen molar-refractivity contribution in [2.24, 2.45) is 17.8 Å². The first-order valence-electron chi connectivity index (χ1n) is 20.5. The highest BCUT2D eigenvalue weighted by molar-refractivity contribution is 7.90. The van der Waals surface area contributed by atoms with Gasteiger partial charge in [-0.05, 0) is 81.1 Å². The molecule has 4 amide bonds. The van der Waals surface area contributed by atoms with Crippen LogP contribution < -0.4 is 25.7 Å². The van der Waals surface area contributed by atoms with Crippen molar-refractivity contribution in [3.05, 3.63) is 53.3 Å². The molecule has 2 aliphatic heterocycles. The summed E-state index contributed by atoms with van der Waals surface area (Å²) < 4.78 is 41.9. The van der Waals surface area contributed by atoms with Gasteiger partial charge >= 0.3 is 6.09 Å². The van der Waals surface area contributed by atoms with Crippen LogP contribution in [0.1, 0.15) is 96.8 Å². The summed E-state index contributed by atoms with van der Waals surface area (Å²) in [5.74, 6) is -2.33. The molecule has 3 N–H and O–H groups in total. The molecule has 1 aromatic carbocycles. The summed E-state index contributed by atoms with van der Waals surface area (Å²) in [5, 5.41) is 6.28. The molecular formula is C41H55N5O9S. The highest BCUT2D eigenvalue weighted by Crippen LogP contribution is 2.35. The van der Waals surface area contributed by atoms with Crippen molar-refractivity contribution >= 4 is 44.6 Å². The Balaban J connectivity index is 1.23. The van der Waals surface area contributed by atoms with Crippen LogP contribution in [0.4, 0.5) is 4.79 Å². The minimum atomic E-state index is -3.92. The molecule has 1 saturated heterocycles. The lowest BCUT2D eigenvalue weighted by molar-refractivity contribution is -0.142. The Morgan fingerprint density at radius 1 is 0.929 bits per heavy atom. The van der Waals surface area contributed by atoms with E-state index in [-0.39, 0.29) is 36.5 Å². The van der Waals surface area contributed by atoms with E-state index in [1.807, 2.05) is 24.3 Å². The van der Waals surface area contributed by atoms with Crippen LogP contribution in [-0.2, 0) is 35.7 Å². The molecule has 3 heterocycles. The first-order chi connectivity index (χ1) is 26.9. The SMILES string of the molecule is C=C[C@H](C)C(NC(=O)[C@@H]1C[C@@H]2CN1C(=O)[C@H](C1CCCC1)NC(=O)O[C@@H]1CCC[C@H]1CCCCCn1c(cc3ccccc3c1=O)O2)C(=O)NS(=O)(=O)C1CC1. The van der Waals surface area contributed by atoms with Gasteiger partial charge in [-0.3, -0.25) is 28.5 Å². The number of sulfonamides is 1. The average molecular weight is 794 g/mol. The topological polar surface area (TPSA) is 182 Å². The number of amides is 4. The van der Waals surface area contributed by atoms with Crippen molar-refractivity contribution in [2.75, 3.05) is 6.54 Å². The van der Waals surface area contributed by atoms with Crippen LogP contribution in [0.2, 0.25) is 0 Å². The van der Waals surface area contributed by atoms with E-state index < -0.39 is 69.2 Å². The molecule has 304 valence electrons. The van der Waals surface area contributed by atoms with Crippen molar-refractivity contribution < 1.29 is 37.1 Å². The first kappa shape index (κ1) is 39.8. The van der Waals surface area contributed by atoms with Crippen LogP contribution in [0, 0.1) is 17.8 Å². The van der Waals surface area contributed by atoms with Crippen molar-refractivity contribution in [2.45, 2.75) is 139 Å². The summed E-state index contributed by atoms with van der Waals surface area (Å²) in [6.07, 6.45) is 9.99. The summed E-state index contributed by atoms with van der Waals surface area (Å²) in [5.41, 5.74) is -0.186. The second-order valence-electron chi connectivity index (χ2n) is 16.5. The zero-order valence-corrected chi connectivity index (χ0v) is 33.0. The van der Waals surface area contributed by atoms with Gasteiger partial charge in [-0.2, -0.15) is 0 Å². The number of carbonyl (C=O) groups is 4. The van der Waals surface area contributed by atoms with Gasteiger partial charge < -0.3 is 25.0 Å². The number of hydrogen-bond donors (Lipinski definition) is 3. The van der Waals surface area contributed by atoms with Gasteiger partial charge in [-0.1, -0.05) is 56.9 Å². The molecule has 4 fully saturated rings. The van der Waals surface area contributed by atoms with Gasteiger partial charge in [0.25, 0.3) is 11.5 Å². The number of carbonyl (C=O) groups excluding carboxylic acids is 4. The number of ether oxygens (including phenoxy) is 2. The van der Waals surface area contributed by atoms with Gasteiger partial charge in [-0.25, -0.2) is 13.2 Å². The van der Waals surface area contributed by atoms with Crippen LogP contribution >= 0.6 is 0 Å². The lowest BCUT2D eigenvalue weighted by Crippen LogP contribution is -2.59. The van der Waals surface area contributed by atoms with Crippen molar-refractivity contribution in [1.29, 1.82) is 0 Å². The number of pyridine rings is 1. The van der Waals surface area contributed by atoms with Crippen molar-refractivity contribution in [3.63, 3.8) is 0 Å². The predicted molar refractivity (Wildman–Crippen MR) is 209 cm³/mol. The summed E-state index contributed by atoms with van der Waals surface area (Å²) in [7, 11) is -3.92. The largest absolute Gasteiger partial charge is 0.473 e. The summed E-state index contributed by atoms with van der Waals surface area (Å²) >= 11 is 0. The van der Waals surface area contributed by atoms with Gasteiger partial charge in [0.05, 0.1) is 11.8 Å². The number of nitrogens with zero attached hydrogens (tertiary/aromatic N) is 2. The number of alkyl carbamates (subject to hydrolysis) is 1. The Morgan fingerprint density at radius 3 is 2.39 bits per heavy atom. The van der Waals surface area contributed by atoms with Gasteiger partial charge in [0, 0.05) is 30.3 Å². The Labute approximate surface area is 328 Å². The average Bonchev–Trinajstić information content (AvgIpc) is 3.52. The molecule has 15 heteroatoms. The quantitative estimate of drug-likeness (QED) is 0.329. The lowest BCUT2D eigenvalue weighted by Gasteiger charge is -2.32. The number of hydrogen-bond acceptors (Lipinski definition) is 9. The normalized spacial score (nSPS) is 27.7. The van der Waals surface area contributed by atoms with Gasteiger partial charge in [0.2, 0.25) is 21.8 Å². The smallest absolute Gasteiger partial charge is 0.408 e. The van der Waals surface area contributed by atoms with Crippen molar-refractivity contribution in [3.8, 4) is 5.88 Å². The van der Waals surface area contributed by atoms with E-state index in [9.17, 15) is 32.4 Å². The van der Waals surface area contributed by atoms with Crippen LogP contribution in [0.25, 0.3) is 10.8 Å². The van der Waals surface area contributed by atoms with Crippen LogP contribution in [0.3, 0.4) is 0 Å². The Hall–Kier alpha value is -4.40. The molecule has 1 unspecified atom stereocenters. The molecule has 7 rings (SSSR count). The van der Waals surface area contributed by atoms with Crippen molar-refractivity contribution in [1.82, 2.24) is 24.8 Å². The highest BCUT2D eigenvalue weighted by Gasteiger charge is 2.47. The van der Waals surface area contributed by atoms with E-state index in [1.165, 1.54) is 11.0 Å². The molecule has 7 atom stereocenters. The molecule has 3 aliphatic carbocycles.